The first-order valence-electron chi connectivity index (χ1n) is 11.6. The first kappa shape index (κ1) is 24.1. The predicted octanol–water partition coefficient (Wildman–Crippen LogP) is 3.87. The smallest absolute Gasteiger partial charge is 0.339 e. The molecule has 4 rings (SSSR count). The van der Waals surface area contributed by atoms with Crippen molar-refractivity contribution in [3.8, 4) is 0 Å². The summed E-state index contributed by atoms with van der Waals surface area (Å²) < 4.78 is 82.6. The highest BCUT2D eigenvalue weighted by Gasteiger charge is 2.56. The molecular formula is C21H32F6N4O. The Bertz CT molecular complexity index is 686. The van der Waals surface area contributed by atoms with Crippen LogP contribution >= 0.6 is 0 Å². The van der Waals surface area contributed by atoms with Crippen molar-refractivity contribution in [2.24, 2.45) is 29.6 Å². The molecule has 7 atom stereocenters. The van der Waals surface area contributed by atoms with E-state index in [0.717, 1.165) is 0 Å². The second-order valence-corrected chi connectivity index (χ2v) is 10.1. The minimum absolute atomic E-state index is 0.0264. The zero-order chi connectivity index (χ0) is 23.3. The van der Waals surface area contributed by atoms with E-state index in [0.29, 0.717) is 38.8 Å². The topological polar surface area (TPSA) is 47.6 Å². The number of rotatable bonds is 4. The normalized spacial score (nSPS) is 38.2. The lowest BCUT2D eigenvalue weighted by Gasteiger charge is -2.40. The maximum atomic E-state index is 14.0. The quantitative estimate of drug-likeness (QED) is 0.613. The molecule has 32 heavy (non-hydrogen) atoms. The molecule has 2 saturated carbocycles. The highest BCUT2D eigenvalue weighted by Crippen LogP contribution is 2.50. The predicted molar refractivity (Wildman–Crippen MR) is 105 cm³/mol. The fraction of sp³-hybridized carbons (Fsp3) is 0.952. The summed E-state index contributed by atoms with van der Waals surface area (Å²) in [5, 5.41) is 0. The third kappa shape index (κ3) is 4.75. The molecule has 0 bridgehead atoms. The van der Waals surface area contributed by atoms with E-state index in [1.807, 2.05) is 0 Å². The standard InChI is InChI=1S/C21H32F6N4O/c1-30-11-28-29-18(30)9-17(21(25,26)27)12-4-2-5-13(8-12)31-10-15-14(19(31)32)6-3-7-16(15)20(22,23)24/h12-18,28-29H,2-11H2,1H3. The third-order valence-corrected chi connectivity index (χ3v) is 8.22. The maximum absolute atomic E-state index is 14.0. The Morgan fingerprint density at radius 3 is 2.41 bits per heavy atom. The number of hydrogen-bond donors (Lipinski definition) is 2. The van der Waals surface area contributed by atoms with E-state index in [1.54, 1.807) is 11.9 Å². The molecule has 0 aromatic carbocycles. The van der Waals surface area contributed by atoms with Crippen LogP contribution in [0.25, 0.3) is 0 Å². The van der Waals surface area contributed by atoms with Gasteiger partial charge in [0, 0.05) is 18.5 Å². The number of fused-ring (bicyclic) bond motifs is 1. The van der Waals surface area contributed by atoms with Crippen LogP contribution in [0.1, 0.15) is 51.4 Å². The van der Waals surface area contributed by atoms with Crippen LogP contribution in [0.4, 0.5) is 26.3 Å². The van der Waals surface area contributed by atoms with Gasteiger partial charge < -0.3 is 4.90 Å². The van der Waals surface area contributed by atoms with Crippen LogP contribution in [0, 0.1) is 29.6 Å². The second kappa shape index (κ2) is 8.94. The Balaban J connectivity index is 1.47. The fourth-order valence-electron chi connectivity index (χ4n) is 6.52. The van der Waals surface area contributed by atoms with Gasteiger partial charge in [-0.25, -0.2) is 10.9 Å². The summed E-state index contributed by atoms with van der Waals surface area (Å²) in [6.07, 6.45) is -6.67. The van der Waals surface area contributed by atoms with E-state index in [2.05, 4.69) is 10.9 Å². The van der Waals surface area contributed by atoms with Gasteiger partial charge in [-0.2, -0.15) is 26.3 Å². The van der Waals surface area contributed by atoms with Crippen molar-refractivity contribution in [1.82, 2.24) is 20.7 Å². The first-order valence-corrected chi connectivity index (χ1v) is 11.6. The summed E-state index contributed by atoms with van der Waals surface area (Å²) in [5.41, 5.74) is 5.73. The van der Waals surface area contributed by atoms with Crippen molar-refractivity contribution in [2.45, 2.75) is 75.9 Å². The molecular weight excluding hydrogens is 438 g/mol. The van der Waals surface area contributed by atoms with Gasteiger partial charge in [-0.3, -0.25) is 9.69 Å². The van der Waals surface area contributed by atoms with Crippen LogP contribution in [0.2, 0.25) is 0 Å². The lowest BCUT2D eigenvalue weighted by molar-refractivity contribution is -0.200. The molecule has 2 N–H and O–H groups in total. The average molecular weight is 471 g/mol. The number of carbonyl (C=O) groups excluding carboxylic acids is 1. The lowest BCUT2D eigenvalue weighted by Crippen LogP contribution is -2.46. The zero-order valence-electron chi connectivity index (χ0n) is 18.2. The van der Waals surface area contributed by atoms with Gasteiger partial charge in [0.2, 0.25) is 5.91 Å². The number of likely N-dealkylation sites (tertiary alicyclic amines) is 1. The number of nitrogens with zero attached hydrogens (tertiary/aromatic N) is 2. The number of halogens is 6. The SMILES string of the molecule is CN1CNNC1CC(C1CCCC(N2CC3C(CCCC3C(F)(F)F)C2=O)C1)C(F)(F)F. The van der Waals surface area contributed by atoms with E-state index in [-0.39, 0.29) is 31.7 Å². The molecule has 0 spiro atoms. The number of nitrogens with one attached hydrogen (secondary N) is 2. The summed E-state index contributed by atoms with van der Waals surface area (Å²) in [6, 6.07) is -0.405. The average Bonchev–Trinajstić information content (AvgIpc) is 3.27. The van der Waals surface area contributed by atoms with Gasteiger partial charge in [0.1, 0.15) is 0 Å². The van der Waals surface area contributed by atoms with E-state index in [4.69, 9.17) is 0 Å². The van der Waals surface area contributed by atoms with Crippen LogP contribution in [0.5, 0.6) is 0 Å². The zero-order valence-corrected chi connectivity index (χ0v) is 18.2. The summed E-state index contributed by atoms with van der Waals surface area (Å²) >= 11 is 0. The van der Waals surface area contributed by atoms with Gasteiger partial charge in [0.25, 0.3) is 0 Å². The monoisotopic (exact) mass is 470 g/mol. The van der Waals surface area contributed by atoms with Gasteiger partial charge >= 0.3 is 12.4 Å². The van der Waals surface area contributed by atoms with Crippen molar-refractivity contribution in [1.29, 1.82) is 0 Å². The molecule has 2 heterocycles. The number of alkyl halides is 6. The molecule has 4 fully saturated rings. The minimum atomic E-state index is -4.37. The van der Waals surface area contributed by atoms with Gasteiger partial charge in [-0.15, -0.1) is 0 Å². The molecule has 184 valence electrons. The molecule has 2 aliphatic carbocycles. The van der Waals surface area contributed by atoms with Gasteiger partial charge in [0.05, 0.1) is 24.7 Å². The molecule has 5 nitrogen and oxygen atoms in total. The van der Waals surface area contributed by atoms with E-state index >= 15 is 0 Å². The Morgan fingerprint density at radius 2 is 1.78 bits per heavy atom. The van der Waals surface area contributed by atoms with Gasteiger partial charge in [-0.1, -0.05) is 12.8 Å². The minimum Gasteiger partial charge on any atom is -0.339 e. The maximum Gasteiger partial charge on any atom is 0.392 e. The second-order valence-electron chi connectivity index (χ2n) is 10.1. The van der Waals surface area contributed by atoms with E-state index in [1.165, 1.54) is 4.90 Å². The molecule has 1 amide bonds. The first-order chi connectivity index (χ1) is 15.0. The van der Waals surface area contributed by atoms with Crippen LogP contribution in [-0.4, -0.2) is 60.5 Å². The largest absolute Gasteiger partial charge is 0.392 e. The van der Waals surface area contributed by atoms with Crippen LogP contribution in [0.15, 0.2) is 0 Å². The number of hydrogen-bond acceptors (Lipinski definition) is 4. The molecule has 4 aliphatic rings. The van der Waals surface area contributed by atoms with E-state index < -0.39 is 54.1 Å². The van der Waals surface area contributed by atoms with Crippen molar-refractivity contribution in [3.05, 3.63) is 0 Å². The van der Waals surface area contributed by atoms with Crippen LogP contribution in [-0.2, 0) is 4.79 Å². The fourth-order valence-corrected chi connectivity index (χ4v) is 6.52. The summed E-state index contributed by atoms with van der Waals surface area (Å²) in [7, 11) is 1.75. The number of amides is 1. The summed E-state index contributed by atoms with van der Waals surface area (Å²) in [5.74, 6) is -5.34. The van der Waals surface area contributed by atoms with Crippen LogP contribution in [0.3, 0.4) is 0 Å². The van der Waals surface area contributed by atoms with Crippen molar-refractivity contribution in [3.63, 3.8) is 0 Å². The third-order valence-electron chi connectivity index (χ3n) is 8.22. The molecule has 2 aliphatic heterocycles. The van der Waals surface area contributed by atoms with Crippen molar-refractivity contribution < 1.29 is 31.1 Å². The van der Waals surface area contributed by atoms with Gasteiger partial charge in [0.15, 0.2) is 0 Å². The van der Waals surface area contributed by atoms with E-state index in [9.17, 15) is 31.1 Å². The number of hydrazine groups is 1. The van der Waals surface area contributed by atoms with Crippen LogP contribution < -0.4 is 10.9 Å². The van der Waals surface area contributed by atoms with Crippen molar-refractivity contribution >= 4 is 5.91 Å². The highest BCUT2D eigenvalue weighted by atomic mass is 19.4. The molecule has 0 aromatic rings. The Kier molecular flexibility index (Phi) is 6.72. The molecule has 0 aromatic heterocycles. The molecule has 11 heteroatoms. The summed E-state index contributed by atoms with van der Waals surface area (Å²) in [4.78, 5) is 16.3. The Hall–Kier alpha value is -1.07. The Morgan fingerprint density at radius 1 is 1.06 bits per heavy atom. The molecule has 0 radical (unpaired) electrons. The highest BCUT2D eigenvalue weighted by molar-refractivity contribution is 5.82. The Labute approximate surface area is 184 Å². The number of carbonyl (C=O) groups is 1. The molecule has 2 saturated heterocycles. The van der Waals surface area contributed by atoms with Crippen molar-refractivity contribution in [2.75, 3.05) is 20.3 Å². The van der Waals surface area contributed by atoms with Gasteiger partial charge in [-0.05, 0) is 57.4 Å². The lowest BCUT2D eigenvalue weighted by atomic mass is 9.73. The summed E-state index contributed by atoms with van der Waals surface area (Å²) in [6.45, 7) is 0.479. The molecule has 7 unspecified atom stereocenters.